The molecule has 2 aliphatic rings. The Hall–Kier alpha value is -0.0800. The van der Waals surface area contributed by atoms with E-state index in [0.29, 0.717) is 0 Å². The summed E-state index contributed by atoms with van der Waals surface area (Å²) in [4.78, 5) is 2.58. The number of nitrogens with one attached hydrogen (secondary N) is 1. The number of hydrogen-bond donors (Lipinski definition) is 1. The van der Waals surface area contributed by atoms with Gasteiger partial charge >= 0.3 is 0 Å². The maximum absolute atomic E-state index is 3.38. The van der Waals surface area contributed by atoms with E-state index >= 15 is 0 Å². The second-order valence-corrected chi connectivity index (χ2v) is 3.04. The molecule has 2 aliphatic heterocycles. The van der Waals surface area contributed by atoms with E-state index in [1.165, 1.54) is 39.0 Å². The number of likely N-dealkylation sites (tertiary alicyclic amines) is 1. The molecule has 1 N–H and O–H groups in total. The lowest BCUT2D eigenvalue weighted by atomic mass is 10.1. The van der Waals surface area contributed by atoms with Crippen LogP contribution in [0.5, 0.6) is 0 Å². The molecule has 0 aromatic heterocycles. The molecule has 9 heavy (non-hydrogen) atoms. The highest BCUT2D eigenvalue weighted by Gasteiger charge is 2.25. The number of hydrogen-bond acceptors (Lipinski definition) is 2. The normalized spacial score (nSPS) is 36.7. The van der Waals surface area contributed by atoms with E-state index < -0.39 is 0 Å². The van der Waals surface area contributed by atoms with Gasteiger partial charge in [0.1, 0.15) is 0 Å². The van der Waals surface area contributed by atoms with Crippen molar-refractivity contribution in [3.8, 4) is 0 Å². The maximum atomic E-state index is 3.38. The molecule has 2 heterocycles. The summed E-state index contributed by atoms with van der Waals surface area (Å²) in [6, 6.07) is 0.888. The zero-order chi connectivity index (χ0) is 6.10. The van der Waals surface area contributed by atoms with Crippen molar-refractivity contribution in [2.24, 2.45) is 0 Å². The topological polar surface area (TPSA) is 15.3 Å². The Balaban J connectivity index is 1.82. The van der Waals surface area contributed by atoms with E-state index in [9.17, 15) is 0 Å². The Kier molecular flexibility index (Phi) is 1.44. The summed E-state index contributed by atoms with van der Waals surface area (Å²) in [6.45, 7) is 5.18. The quantitative estimate of drug-likeness (QED) is 0.534. The molecule has 0 aromatic carbocycles. The molecular weight excluding hydrogens is 112 g/mol. The van der Waals surface area contributed by atoms with E-state index in [0.717, 1.165) is 6.04 Å². The van der Waals surface area contributed by atoms with Crippen LogP contribution < -0.4 is 5.32 Å². The van der Waals surface area contributed by atoms with Crippen LogP contribution >= 0.6 is 0 Å². The smallest absolute Gasteiger partial charge is 0.0232 e. The average Bonchev–Trinajstić information content (AvgIpc) is 2.11. The summed E-state index contributed by atoms with van der Waals surface area (Å²) < 4.78 is 0. The van der Waals surface area contributed by atoms with Crippen LogP contribution in [0.25, 0.3) is 0 Å². The number of rotatable bonds is 1. The van der Waals surface area contributed by atoms with Gasteiger partial charge in [0.15, 0.2) is 0 Å². The van der Waals surface area contributed by atoms with Gasteiger partial charge in [-0.25, -0.2) is 0 Å². The van der Waals surface area contributed by atoms with E-state index in [1.54, 1.807) is 0 Å². The van der Waals surface area contributed by atoms with Gasteiger partial charge in [-0.15, -0.1) is 0 Å². The van der Waals surface area contributed by atoms with Crippen LogP contribution in [-0.4, -0.2) is 37.1 Å². The lowest BCUT2D eigenvalue weighted by molar-refractivity contribution is 0.128. The average molecular weight is 126 g/mol. The fraction of sp³-hybridized carbons (Fsp3) is 1.00. The van der Waals surface area contributed by atoms with Crippen molar-refractivity contribution in [1.82, 2.24) is 10.2 Å². The molecule has 52 valence electrons. The summed E-state index contributed by atoms with van der Waals surface area (Å²) >= 11 is 0. The van der Waals surface area contributed by atoms with Gasteiger partial charge in [-0.1, -0.05) is 0 Å². The third kappa shape index (κ3) is 0.970. The first-order chi connectivity index (χ1) is 4.47. The zero-order valence-corrected chi connectivity index (χ0v) is 5.77. The van der Waals surface area contributed by atoms with Crippen LogP contribution in [0.4, 0.5) is 0 Å². The van der Waals surface area contributed by atoms with Crippen LogP contribution in [0.2, 0.25) is 0 Å². The molecule has 2 heteroatoms. The molecule has 0 bridgehead atoms. The molecule has 0 amide bonds. The summed E-state index contributed by atoms with van der Waals surface area (Å²) in [7, 11) is 0. The van der Waals surface area contributed by atoms with Crippen LogP contribution in [0, 0.1) is 0 Å². The van der Waals surface area contributed by atoms with E-state index in [-0.39, 0.29) is 0 Å². The first-order valence-electron chi connectivity index (χ1n) is 3.91. The van der Waals surface area contributed by atoms with Crippen molar-refractivity contribution in [2.75, 3.05) is 26.2 Å². The Morgan fingerprint density at radius 1 is 1.33 bits per heavy atom. The van der Waals surface area contributed by atoms with Crippen LogP contribution in [0.3, 0.4) is 0 Å². The van der Waals surface area contributed by atoms with Crippen molar-refractivity contribution in [3.05, 3.63) is 0 Å². The highest BCUT2D eigenvalue weighted by molar-refractivity contribution is 4.84. The Labute approximate surface area is 56.2 Å². The highest BCUT2D eigenvalue weighted by atomic mass is 15.2. The molecule has 2 fully saturated rings. The van der Waals surface area contributed by atoms with Gasteiger partial charge in [-0.2, -0.15) is 0 Å². The van der Waals surface area contributed by atoms with E-state index in [1.807, 2.05) is 0 Å². The monoisotopic (exact) mass is 126 g/mol. The lowest BCUT2D eigenvalue weighted by Crippen LogP contribution is -2.45. The molecule has 0 aromatic rings. The van der Waals surface area contributed by atoms with Gasteiger partial charge in [0.05, 0.1) is 0 Å². The van der Waals surface area contributed by atoms with Gasteiger partial charge in [-0.05, 0) is 32.5 Å². The third-order valence-electron chi connectivity index (χ3n) is 2.44. The minimum Gasteiger partial charge on any atom is -0.315 e. The molecule has 2 nitrogen and oxygen atoms in total. The Bertz CT molecular complexity index is 93.1. The molecule has 0 saturated carbocycles. The molecule has 2 saturated heterocycles. The fourth-order valence-corrected chi connectivity index (χ4v) is 1.66. The third-order valence-corrected chi connectivity index (χ3v) is 2.44. The molecule has 1 atom stereocenters. The molecule has 0 aliphatic carbocycles. The largest absolute Gasteiger partial charge is 0.315 e. The minimum absolute atomic E-state index is 0.888. The second kappa shape index (κ2) is 2.27. The molecular formula is C7H14N2. The predicted molar refractivity (Wildman–Crippen MR) is 37.5 cm³/mol. The van der Waals surface area contributed by atoms with Crippen LogP contribution in [0.1, 0.15) is 12.8 Å². The van der Waals surface area contributed by atoms with Gasteiger partial charge < -0.3 is 5.32 Å². The summed E-state index contributed by atoms with van der Waals surface area (Å²) in [5.74, 6) is 0. The van der Waals surface area contributed by atoms with Gasteiger partial charge in [0.2, 0.25) is 0 Å². The Morgan fingerprint density at radius 3 is 2.67 bits per heavy atom. The lowest BCUT2D eigenvalue weighted by Gasteiger charge is -2.35. The zero-order valence-electron chi connectivity index (χ0n) is 5.77. The molecule has 2 rings (SSSR count). The van der Waals surface area contributed by atoms with Crippen molar-refractivity contribution in [2.45, 2.75) is 18.9 Å². The first kappa shape index (κ1) is 5.69. The van der Waals surface area contributed by atoms with E-state index in [2.05, 4.69) is 10.2 Å². The highest BCUT2D eigenvalue weighted by Crippen LogP contribution is 2.15. The van der Waals surface area contributed by atoms with Crippen LogP contribution in [0.15, 0.2) is 0 Å². The fourth-order valence-electron chi connectivity index (χ4n) is 1.66. The van der Waals surface area contributed by atoms with Crippen LogP contribution in [-0.2, 0) is 0 Å². The van der Waals surface area contributed by atoms with E-state index in [4.69, 9.17) is 0 Å². The number of nitrogens with zero attached hydrogens (tertiary/aromatic N) is 1. The summed E-state index contributed by atoms with van der Waals surface area (Å²) in [5.41, 5.74) is 0. The van der Waals surface area contributed by atoms with Crippen molar-refractivity contribution in [1.29, 1.82) is 0 Å². The van der Waals surface area contributed by atoms with Crippen molar-refractivity contribution < 1.29 is 0 Å². The SMILES string of the molecule is C1CN([C@@H]2CCNC2)C1. The van der Waals surface area contributed by atoms with Gasteiger partial charge in [0.25, 0.3) is 0 Å². The van der Waals surface area contributed by atoms with Gasteiger partial charge in [-0.3, -0.25) is 4.90 Å². The molecule has 0 unspecified atom stereocenters. The predicted octanol–water partition coefficient (Wildman–Crippen LogP) is 0.0540. The molecule has 0 spiro atoms. The maximum Gasteiger partial charge on any atom is 0.0232 e. The second-order valence-electron chi connectivity index (χ2n) is 3.04. The van der Waals surface area contributed by atoms with Gasteiger partial charge in [0, 0.05) is 12.6 Å². The first-order valence-corrected chi connectivity index (χ1v) is 3.91. The Morgan fingerprint density at radius 2 is 2.22 bits per heavy atom. The van der Waals surface area contributed by atoms with Crippen molar-refractivity contribution >= 4 is 0 Å². The molecule has 0 radical (unpaired) electrons. The summed E-state index contributed by atoms with van der Waals surface area (Å²) in [5, 5.41) is 3.38. The standard InChI is InChI=1S/C7H14N2/c1-4-9(5-1)7-2-3-8-6-7/h7-8H,1-6H2/t7-/m1/s1. The minimum atomic E-state index is 0.888. The van der Waals surface area contributed by atoms with Crippen molar-refractivity contribution in [3.63, 3.8) is 0 Å². The summed E-state index contributed by atoms with van der Waals surface area (Å²) in [6.07, 6.45) is 2.80.